The quantitative estimate of drug-likeness (QED) is 0.901. The second-order valence-electron chi connectivity index (χ2n) is 4.12. The zero-order chi connectivity index (χ0) is 12.3. The van der Waals surface area contributed by atoms with Crippen molar-refractivity contribution >= 4 is 11.6 Å². The third-order valence-electron chi connectivity index (χ3n) is 2.83. The van der Waals surface area contributed by atoms with Crippen LogP contribution in [-0.4, -0.2) is 31.3 Å². The number of hydrazine groups is 1. The fourth-order valence-electron chi connectivity index (χ4n) is 1.82. The van der Waals surface area contributed by atoms with E-state index in [1.807, 2.05) is 13.0 Å². The molecule has 1 unspecified atom stereocenters. The number of morpholine rings is 1. The number of nitrogens with zero attached hydrogens (tertiary/aromatic N) is 1. The lowest BCUT2D eigenvalue weighted by atomic mass is 10.1. The lowest BCUT2D eigenvalue weighted by Crippen LogP contribution is -2.46. The fraction of sp³-hybridized carbons (Fsp3) is 0.500. The van der Waals surface area contributed by atoms with Crippen molar-refractivity contribution in [3.05, 3.63) is 34.6 Å². The maximum absolute atomic E-state index is 13.3. The largest absolute Gasteiger partial charge is 0.379 e. The van der Waals surface area contributed by atoms with E-state index in [2.05, 4.69) is 10.4 Å². The Hall–Kier alpha value is -0.680. The van der Waals surface area contributed by atoms with Gasteiger partial charge in [-0.3, -0.25) is 0 Å². The van der Waals surface area contributed by atoms with Gasteiger partial charge in [0.1, 0.15) is 5.82 Å². The van der Waals surface area contributed by atoms with Gasteiger partial charge >= 0.3 is 0 Å². The van der Waals surface area contributed by atoms with Crippen LogP contribution in [-0.2, 0) is 4.74 Å². The monoisotopic (exact) mass is 258 g/mol. The SMILES string of the molecule is CC(NN1CCOCC1)c1ccc(Cl)c(F)c1. The van der Waals surface area contributed by atoms with Gasteiger partial charge in [0.2, 0.25) is 0 Å². The zero-order valence-corrected chi connectivity index (χ0v) is 10.5. The predicted octanol–water partition coefficient (Wildman–Crippen LogP) is 2.38. The molecule has 94 valence electrons. The summed E-state index contributed by atoms with van der Waals surface area (Å²) in [4.78, 5) is 0. The van der Waals surface area contributed by atoms with Crippen molar-refractivity contribution in [2.75, 3.05) is 26.3 Å². The van der Waals surface area contributed by atoms with E-state index < -0.39 is 0 Å². The molecule has 0 aliphatic carbocycles. The van der Waals surface area contributed by atoms with Crippen LogP contribution in [0.4, 0.5) is 4.39 Å². The van der Waals surface area contributed by atoms with Gasteiger partial charge < -0.3 is 4.74 Å². The summed E-state index contributed by atoms with van der Waals surface area (Å²) in [6.07, 6.45) is 0. The van der Waals surface area contributed by atoms with Crippen LogP contribution in [0.15, 0.2) is 18.2 Å². The molecule has 0 aromatic heterocycles. The number of hydrogen-bond acceptors (Lipinski definition) is 3. The van der Waals surface area contributed by atoms with Crippen molar-refractivity contribution in [3.63, 3.8) is 0 Å². The summed E-state index contributed by atoms with van der Waals surface area (Å²) in [5.41, 5.74) is 4.21. The van der Waals surface area contributed by atoms with E-state index in [1.54, 1.807) is 6.07 Å². The van der Waals surface area contributed by atoms with Crippen LogP contribution in [0.2, 0.25) is 5.02 Å². The van der Waals surface area contributed by atoms with Gasteiger partial charge in [0.15, 0.2) is 0 Å². The molecule has 1 atom stereocenters. The highest BCUT2D eigenvalue weighted by atomic mass is 35.5. The highest BCUT2D eigenvalue weighted by molar-refractivity contribution is 6.30. The minimum atomic E-state index is -0.375. The highest BCUT2D eigenvalue weighted by Crippen LogP contribution is 2.20. The molecule has 2 rings (SSSR count). The van der Waals surface area contributed by atoms with Crippen molar-refractivity contribution < 1.29 is 9.13 Å². The molecule has 1 aromatic rings. The Balaban J connectivity index is 1.98. The fourth-order valence-corrected chi connectivity index (χ4v) is 1.94. The summed E-state index contributed by atoms with van der Waals surface area (Å²) in [6.45, 7) is 5.16. The van der Waals surface area contributed by atoms with Gasteiger partial charge in [-0.05, 0) is 24.6 Å². The second kappa shape index (κ2) is 5.78. The molecule has 1 N–H and O–H groups in total. The molecule has 0 amide bonds. The molecule has 1 aliphatic heterocycles. The van der Waals surface area contributed by atoms with Crippen LogP contribution in [0.1, 0.15) is 18.5 Å². The van der Waals surface area contributed by atoms with Crippen LogP contribution in [0.5, 0.6) is 0 Å². The molecule has 0 saturated carbocycles. The van der Waals surface area contributed by atoms with E-state index >= 15 is 0 Å². The molecular formula is C12H16ClFN2O. The van der Waals surface area contributed by atoms with E-state index in [-0.39, 0.29) is 16.9 Å². The lowest BCUT2D eigenvalue weighted by molar-refractivity contribution is 0.00482. The third kappa shape index (κ3) is 3.39. The van der Waals surface area contributed by atoms with Gasteiger partial charge in [-0.15, -0.1) is 0 Å². The molecule has 1 fully saturated rings. The summed E-state index contributed by atoms with van der Waals surface area (Å²) in [5.74, 6) is -0.375. The molecule has 1 heterocycles. The number of rotatable bonds is 3. The Kier molecular flexibility index (Phi) is 4.34. The Morgan fingerprint density at radius 3 is 2.76 bits per heavy atom. The average Bonchev–Trinajstić information content (AvgIpc) is 2.34. The lowest BCUT2D eigenvalue weighted by Gasteiger charge is -2.30. The highest BCUT2D eigenvalue weighted by Gasteiger charge is 2.14. The first-order valence-electron chi connectivity index (χ1n) is 5.70. The molecular weight excluding hydrogens is 243 g/mol. The Morgan fingerprint density at radius 2 is 2.12 bits per heavy atom. The smallest absolute Gasteiger partial charge is 0.142 e. The minimum Gasteiger partial charge on any atom is -0.379 e. The summed E-state index contributed by atoms with van der Waals surface area (Å²) < 4.78 is 18.6. The topological polar surface area (TPSA) is 24.5 Å². The third-order valence-corrected chi connectivity index (χ3v) is 3.14. The average molecular weight is 259 g/mol. The number of benzene rings is 1. The molecule has 1 saturated heterocycles. The van der Waals surface area contributed by atoms with Gasteiger partial charge in [-0.25, -0.2) is 14.8 Å². The van der Waals surface area contributed by atoms with E-state index in [0.29, 0.717) is 0 Å². The van der Waals surface area contributed by atoms with E-state index in [0.717, 1.165) is 31.9 Å². The van der Waals surface area contributed by atoms with Crippen LogP contribution in [0.25, 0.3) is 0 Å². The maximum Gasteiger partial charge on any atom is 0.142 e. The van der Waals surface area contributed by atoms with Crippen LogP contribution in [0, 0.1) is 5.82 Å². The van der Waals surface area contributed by atoms with E-state index in [1.165, 1.54) is 6.07 Å². The van der Waals surface area contributed by atoms with Gasteiger partial charge in [0.05, 0.1) is 18.2 Å². The first kappa shape index (κ1) is 12.8. The molecule has 0 bridgehead atoms. The summed E-state index contributed by atoms with van der Waals surface area (Å²) in [6, 6.07) is 4.95. The summed E-state index contributed by atoms with van der Waals surface area (Å²) in [5, 5.41) is 2.26. The standard InChI is InChI=1S/C12H16ClFN2O/c1-9(15-16-4-6-17-7-5-16)10-2-3-11(13)12(14)8-10/h2-3,8-9,15H,4-7H2,1H3. The van der Waals surface area contributed by atoms with Gasteiger partial charge in [-0.1, -0.05) is 17.7 Å². The predicted molar refractivity (Wildman–Crippen MR) is 65.4 cm³/mol. The van der Waals surface area contributed by atoms with Crippen molar-refractivity contribution in [1.29, 1.82) is 0 Å². The van der Waals surface area contributed by atoms with Crippen molar-refractivity contribution in [3.8, 4) is 0 Å². The van der Waals surface area contributed by atoms with Crippen LogP contribution in [0.3, 0.4) is 0 Å². The normalized spacial score (nSPS) is 19.2. The molecule has 17 heavy (non-hydrogen) atoms. The van der Waals surface area contributed by atoms with Crippen molar-refractivity contribution in [2.24, 2.45) is 0 Å². The summed E-state index contributed by atoms with van der Waals surface area (Å²) >= 11 is 5.65. The van der Waals surface area contributed by atoms with Gasteiger partial charge in [0, 0.05) is 19.1 Å². The van der Waals surface area contributed by atoms with E-state index in [4.69, 9.17) is 16.3 Å². The van der Waals surface area contributed by atoms with Gasteiger partial charge in [0.25, 0.3) is 0 Å². The van der Waals surface area contributed by atoms with Gasteiger partial charge in [-0.2, -0.15) is 0 Å². The number of nitrogens with one attached hydrogen (secondary N) is 1. The first-order valence-corrected chi connectivity index (χ1v) is 6.08. The van der Waals surface area contributed by atoms with Crippen LogP contribution < -0.4 is 5.43 Å². The Labute approximate surface area is 105 Å². The minimum absolute atomic E-state index is 0.0554. The number of hydrogen-bond donors (Lipinski definition) is 1. The summed E-state index contributed by atoms with van der Waals surface area (Å²) in [7, 11) is 0. The molecule has 1 aliphatic rings. The molecule has 0 spiro atoms. The second-order valence-corrected chi connectivity index (χ2v) is 4.53. The molecule has 0 radical (unpaired) electrons. The molecule has 5 heteroatoms. The zero-order valence-electron chi connectivity index (χ0n) is 9.75. The molecule has 1 aromatic carbocycles. The Bertz CT molecular complexity index is 383. The molecule has 3 nitrogen and oxygen atoms in total. The number of halogens is 2. The first-order chi connectivity index (χ1) is 8.16. The van der Waals surface area contributed by atoms with E-state index in [9.17, 15) is 4.39 Å². The number of ether oxygens (including phenoxy) is 1. The van der Waals surface area contributed by atoms with Crippen molar-refractivity contribution in [2.45, 2.75) is 13.0 Å². The van der Waals surface area contributed by atoms with Crippen molar-refractivity contribution in [1.82, 2.24) is 10.4 Å². The Morgan fingerprint density at radius 1 is 1.41 bits per heavy atom. The van der Waals surface area contributed by atoms with Crippen LogP contribution >= 0.6 is 11.6 Å². The maximum atomic E-state index is 13.3.